The number of H-pyrrole nitrogens is 1. The molecule has 30 heavy (non-hydrogen) atoms. The van der Waals surface area contributed by atoms with Crippen LogP contribution in [0.2, 0.25) is 0 Å². The van der Waals surface area contributed by atoms with Crippen LogP contribution in [0, 0.1) is 0 Å². The summed E-state index contributed by atoms with van der Waals surface area (Å²) >= 11 is 0.975. The lowest BCUT2D eigenvalue weighted by Crippen LogP contribution is -2.41. The number of nitrogens with one attached hydrogen (secondary N) is 1. The summed E-state index contributed by atoms with van der Waals surface area (Å²) in [7, 11) is -2.96. The average molecular weight is 458 g/mol. The predicted molar refractivity (Wildman–Crippen MR) is 93.8 cm³/mol. The second-order valence-corrected chi connectivity index (χ2v) is 8.74. The Morgan fingerprint density at radius 1 is 1.40 bits per heavy atom. The molecule has 0 aliphatic carbocycles. The van der Waals surface area contributed by atoms with Crippen molar-refractivity contribution in [3.63, 3.8) is 0 Å². The van der Waals surface area contributed by atoms with Crippen LogP contribution in [0.3, 0.4) is 0 Å². The lowest BCUT2D eigenvalue weighted by molar-refractivity contribution is -0.245. The molecule has 0 spiro atoms. The van der Waals surface area contributed by atoms with Crippen LogP contribution in [-0.4, -0.2) is 69.8 Å². The number of aromatic nitrogens is 8. The fraction of sp³-hybridized carbons (Fsp3) is 0.500. The number of anilines is 1. The smallest absolute Gasteiger partial charge is 0.280 e. The molecule has 2 aliphatic rings. The van der Waals surface area contributed by atoms with Gasteiger partial charge < -0.3 is 29.5 Å². The third kappa shape index (κ3) is 3.11. The number of tetrazole rings is 1. The number of hydrogen-bond acceptors (Lipinski definition) is 14. The van der Waals surface area contributed by atoms with Crippen LogP contribution in [0.15, 0.2) is 15.1 Å². The second-order valence-electron chi connectivity index (χ2n) is 6.44. The molecule has 160 valence electrons. The Morgan fingerprint density at radius 2 is 2.20 bits per heavy atom. The van der Waals surface area contributed by atoms with Crippen LogP contribution in [0.5, 0.6) is 0 Å². The highest BCUT2D eigenvalue weighted by molar-refractivity contribution is 7.99. The maximum absolute atomic E-state index is 12.3. The quantitative estimate of drug-likeness (QED) is 0.346. The molecule has 2 saturated heterocycles. The number of rotatable bonds is 3. The summed E-state index contributed by atoms with van der Waals surface area (Å²) in [5.41, 5.74) is 5.01. The van der Waals surface area contributed by atoms with E-state index in [9.17, 15) is 19.4 Å². The van der Waals surface area contributed by atoms with Crippen molar-refractivity contribution in [2.45, 2.75) is 34.9 Å². The number of nitrogen functional groups attached to an aromatic ring is 1. The minimum atomic E-state index is -4.57. The molecular formula is C12H13N9O7PS-. The number of nitrogens with two attached hydrogens (primary N) is 1. The predicted octanol–water partition coefficient (Wildman–Crippen LogP) is -2.48. The monoisotopic (exact) mass is 458 g/mol. The zero-order valence-electron chi connectivity index (χ0n) is 15.0. The number of hydrogen-bond donors (Lipinski definition) is 3. The van der Waals surface area contributed by atoms with Gasteiger partial charge in [0.25, 0.3) is 13.4 Å². The Labute approximate surface area is 170 Å². The molecule has 0 aromatic carbocycles. The van der Waals surface area contributed by atoms with Crippen molar-refractivity contribution in [3.8, 4) is 0 Å². The Morgan fingerprint density at radius 3 is 2.93 bits per heavy atom. The molecule has 5 rings (SSSR count). The lowest BCUT2D eigenvalue weighted by Gasteiger charge is -2.34. The molecule has 2 aliphatic heterocycles. The fourth-order valence-electron chi connectivity index (χ4n) is 3.21. The topological polar surface area (TPSA) is 221 Å². The first-order chi connectivity index (χ1) is 14.2. The summed E-state index contributed by atoms with van der Waals surface area (Å²) in [5.74, 6) is -0.181. The molecule has 0 bridgehead atoms. The molecule has 0 radical (unpaired) electrons. The molecule has 3 aromatic heterocycles. The van der Waals surface area contributed by atoms with Crippen molar-refractivity contribution < 1.29 is 28.3 Å². The summed E-state index contributed by atoms with van der Waals surface area (Å²) in [6, 6.07) is 0. The Bertz CT molecular complexity index is 1240. The van der Waals surface area contributed by atoms with Crippen molar-refractivity contribution >= 4 is 36.7 Å². The van der Waals surface area contributed by atoms with E-state index in [1.807, 2.05) is 0 Å². The molecular weight excluding hydrogens is 445 g/mol. The summed E-state index contributed by atoms with van der Waals surface area (Å²) in [6.45, 7) is -0.336. The van der Waals surface area contributed by atoms with Crippen molar-refractivity contribution in [3.05, 3.63) is 10.4 Å². The number of imidazole rings is 1. The van der Waals surface area contributed by atoms with E-state index in [0.717, 1.165) is 11.8 Å². The molecule has 4 N–H and O–H groups in total. The van der Waals surface area contributed by atoms with Crippen LogP contribution in [0.4, 0.5) is 5.95 Å². The zero-order valence-corrected chi connectivity index (χ0v) is 16.7. The average Bonchev–Trinajstić information content (AvgIpc) is 3.32. The zero-order chi connectivity index (χ0) is 21.2. The largest absolute Gasteiger partial charge is 0.756 e. The van der Waals surface area contributed by atoms with Crippen molar-refractivity contribution in [1.82, 2.24) is 39.7 Å². The summed E-state index contributed by atoms with van der Waals surface area (Å²) < 4.78 is 29.6. The maximum Gasteiger partial charge on any atom is 0.280 e. The van der Waals surface area contributed by atoms with Crippen LogP contribution >= 0.6 is 19.6 Å². The molecule has 3 aromatic rings. The normalized spacial score (nSPS) is 31.3. The van der Waals surface area contributed by atoms with Crippen LogP contribution in [0.25, 0.3) is 11.2 Å². The number of aromatic amines is 1. The number of phosphoric acid groups is 1. The molecule has 16 nitrogen and oxygen atoms in total. The first-order valence-corrected chi connectivity index (χ1v) is 10.7. The van der Waals surface area contributed by atoms with Gasteiger partial charge in [-0.25, -0.2) is 9.67 Å². The molecule has 5 heterocycles. The van der Waals surface area contributed by atoms with Gasteiger partial charge in [-0.3, -0.25) is 18.9 Å². The van der Waals surface area contributed by atoms with E-state index in [1.54, 1.807) is 7.05 Å². The Balaban J connectivity index is 1.64. The summed E-state index contributed by atoms with van der Waals surface area (Å²) in [4.78, 5) is 34.7. The van der Waals surface area contributed by atoms with Gasteiger partial charge in [-0.1, -0.05) is 0 Å². The van der Waals surface area contributed by atoms with Crippen molar-refractivity contribution in [2.24, 2.45) is 7.05 Å². The van der Waals surface area contributed by atoms with Crippen LogP contribution in [-0.2, 0) is 25.4 Å². The van der Waals surface area contributed by atoms with Gasteiger partial charge in [0, 0.05) is 7.05 Å². The van der Waals surface area contributed by atoms with Gasteiger partial charge in [-0.05, 0) is 22.2 Å². The number of ether oxygens (including phenoxy) is 1. The molecule has 3 unspecified atom stereocenters. The van der Waals surface area contributed by atoms with Crippen LogP contribution < -0.4 is 16.2 Å². The lowest BCUT2D eigenvalue weighted by atomic mass is 10.1. The van der Waals surface area contributed by atoms with E-state index in [-0.39, 0.29) is 28.9 Å². The van der Waals surface area contributed by atoms with Gasteiger partial charge in [0.1, 0.15) is 18.3 Å². The Hall–Kier alpha value is -2.40. The number of fused-ring (bicyclic) bond motifs is 2. The van der Waals surface area contributed by atoms with Crippen molar-refractivity contribution in [1.29, 1.82) is 0 Å². The van der Waals surface area contributed by atoms with E-state index < -0.39 is 37.9 Å². The van der Waals surface area contributed by atoms with E-state index in [1.165, 1.54) is 9.25 Å². The van der Waals surface area contributed by atoms with Gasteiger partial charge in [0.05, 0.1) is 6.61 Å². The highest BCUT2D eigenvalue weighted by Gasteiger charge is 2.51. The molecule has 5 atom stereocenters. The number of aliphatic hydroxyl groups excluding tert-OH is 1. The van der Waals surface area contributed by atoms with E-state index >= 15 is 0 Å². The minimum absolute atomic E-state index is 0.0165. The maximum atomic E-state index is 12.3. The third-order valence-electron chi connectivity index (χ3n) is 4.51. The third-order valence-corrected chi connectivity index (χ3v) is 6.48. The van der Waals surface area contributed by atoms with Crippen LogP contribution in [0.1, 0.15) is 6.23 Å². The van der Waals surface area contributed by atoms with Crippen molar-refractivity contribution in [2.75, 3.05) is 12.3 Å². The number of nitrogens with zero attached hydrogens (tertiary/aromatic N) is 7. The first-order valence-electron chi connectivity index (χ1n) is 8.39. The van der Waals surface area contributed by atoms with Gasteiger partial charge in [0.15, 0.2) is 22.5 Å². The van der Waals surface area contributed by atoms with Gasteiger partial charge in [-0.2, -0.15) is 4.98 Å². The first kappa shape index (κ1) is 19.6. The van der Waals surface area contributed by atoms with E-state index in [0.29, 0.717) is 5.16 Å². The standard InChI is InChI=1S/C12H14N9O7PS/c1-20-12(17-18-19-20)30-11-14-4-7(15-10(13)16-8(4)23)21(11)9-5(22)6-3(27-9)2-26-29(24,25)28-6/h3,5-6,9,22H,2H2,1H3,(H,24,25)(H3,13,15,16,23)/p-1/t3?,5?,6-,9-/m1/s1. The second kappa shape index (κ2) is 6.81. The summed E-state index contributed by atoms with van der Waals surface area (Å²) in [5, 5.41) is 22.4. The van der Waals surface area contributed by atoms with Gasteiger partial charge in [-0.15, -0.1) is 5.10 Å². The summed E-state index contributed by atoms with van der Waals surface area (Å²) in [6.07, 6.45) is -4.74. The fourth-order valence-corrected chi connectivity index (χ4v) is 5.00. The minimum Gasteiger partial charge on any atom is -0.756 e. The number of aryl methyl sites for hydroxylation is 1. The number of aliphatic hydroxyl groups is 1. The molecule has 0 saturated carbocycles. The molecule has 0 amide bonds. The highest BCUT2D eigenvalue weighted by atomic mass is 32.2. The molecule has 18 heteroatoms. The SMILES string of the molecule is Cn1nnnc1Sc1nc2c(=O)[nH]c(N)nc2n1[C@@H]1OC2COP(=O)([O-])O[C@H]2C1O. The highest BCUT2D eigenvalue weighted by Crippen LogP contribution is 2.50. The van der Waals surface area contributed by atoms with Gasteiger partial charge >= 0.3 is 0 Å². The molecule has 2 fully saturated rings. The number of phosphoric ester groups is 1. The Kier molecular flexibility index (Phi) is 4.44. The van der Waals surface area contributed by atoms with E-state index in [4.69, 9.17) is 15.0 Å². The van der Waals surface area contributed by atoms with Gasteiger partial charge in [0.2, 0.25) is 11.1 Å². The van der Waals surface area contributed by atoms with E-state index in [2.05, 4.69) is 35.0 Å².